The number of hydrogen-bond acceptors (Lipinski definition) is 3. The molecular formula is C12H13BrN2O3. The van der Waals surface area contributed by atoms with Crippen LogP contribution < -0.4 is 4.90 Å². The normalized spacial score (nSPS) is 19.3. The van der Waals surface area contributed by atoms with Gasteiger partial charge in [0, 0.05) is 24.4 Å². The van der Waals surface area contributed by atoms with Crippen LogP contribution in [0.3, 0.4) is 0 Å². The summed E-state index contributed by atoms with van der Waals surface area (Å²) in [6.07, 6.45) is 0.493. The Bertz CT molecular complexity index is 504. The van der Waals surface area contributed by atoms with Gasteiger partial charge in [0.15, 0.2) is 0 Å². The second-order valence-corrected chi connectivity index (χ2v) is 5.05. The highest BCUT2D eigenvalue weighted by Crippen LogP contribution is 2.32. The van der Waals surface area contributed by atoms with E-state index >= 15 is 0 Å². The zero-order valence-corrected chi connectivity index (χ0v) is 11.5. The third kappa shape index (κ3) is 2.25. The number of amides is 1. The van der Waals surface area contributed by atoms with Gasteiger partial charge < -0.3 is 4.90 Å². The fourth-order valence-electron chi connectivity index (χ4n) is 2.22. The predicted molar refractivity (Wildman–Crippen MR) is 72.1 cm³/mol. The molecule has 1 saturated heterocycles. The molecule has 0 saturated carbocycles. The Kier molecular flexibility index (Phi) is 3.65. The van der Waals surface area contributed by atoms with Crippen molar-refractivity contribution in [2.75, 3.05) is 16.8 Å². The van der Waals surface area contributed by atoms with Gasteiger partial charge in [-0.3, -0.25) is 14.9 Å². The average molecular weight is 313 g/mol. The molecule has 2 rings (SSSR count). The quantitative estimate of drug-likeness (QED) is 0.489. The number of hydrogen-bond donors (Lipinski definition) is 0. The summed E-state index contributed by atoms with van der Waals surface area (Å²) in [7, 11) is 0. The lowest BCUT2D eigenvalue weighted by Gasteiger charge is -2.18. The zero-order chi connectivity index (χ0) is 13.3. The molecule has 1 aromatic carbocycles. The van der Waals surface area contributed by atoms with Crippen LogP contribution in [0.4, 0.5) is 11.4 Å². The number of carbonyl (C=O) groups excluding carboxylic acids is 1. The highest BCUT2D eigenvalue weighted by molar-refractivity contribution is 9.09. The van der Waals surface area contributed by atoms with Gasteiger partial charge in [-0.25, -0.2) is 0 Å². The first-order valence-corrected chi connectivity index (χ1v) is 6.77. The molecule has 18 heavy (non-hydrogen) atoms. The summed E-state index contributed by atoms with van der Waals surface area (Å²) >= 11 is 3.37. The number of halogens is 1. The number of carbonyl (C=O) groups is 1. The van der Waals surface area contributed by atoms with Gasteiger partial charge in [0.05, 0.1) is 16.2 Å². The largest absolute Gasteiger partial charge is 0.312 e. The molecule has 1 aliphatic rings. The fourth-order valence-corrected chi connectivity index (χ4v) is 2.65. The van der Waals surface area contributed by atoms with Crippen LogP contribution >= 0.6 is 15.9 Å². The maximum absolute atomic E-state index is 11.9. The Morgan fingerprint density at radius 3 is 2.83 bits per heavy atom. The summed E-state index contributed by atoms with van der Waals surface area (Å²) in [6.45, 7) is 2.30. The van der Waals surface area contributed by atoms with Crippen LogP contribution in [-0.4, -0.2) is 22.7 Å². The Hall–Kier alpha value is -1.43. The van der Waals surface area contributed by atoms with Crippen molar-refractivity contribution >= 4 is 33.2 Å². The standard InChI is InChI=1S/C12H13BrN2O3/c1-8-10(3-2-4-11(8)15(17)18)14-7-9(6-13)5-12(14)16/h2-4,9H,5-7H2,1H3. The summed E-state index contributed by atoms with van der Waals surface area (Å²) in [6, 6.07) is 4.84. The molecule has 1 heterocycles. The highest BCUT2D eigenvalue weighted by atomic mass is 79.9. The van der Waals surface area contributed by atoms with E-state index in [0.29, 0.717) is 24.2 Å². The maximum atomic E-state index is 11.9. The first kappa shape index (κ1) is 13.0. The third-order valence-electron chi connectivity index (χ3n) is 3.19. The third-order valence-corrected chi connectivity index (χ3v) is 4.10. The lowest BCUT2D eigenvalue weighted by Crippen LogP contribution is -2.25. The van der Waals surface area contributed by atoms with E-state index < -0.39 is 4.92 Å². The van der Waals surface area contributed by atoms with Crippen LogP contribution in [0.25, 0.3) is 0 Å². The lowest BCUT2D eigenvalue weighted by molar-refractivity contribution is -0.385. The molecular weight excluding hydrogens is 300 g/mol. The maximum Gasteiger partial charge on any atom is 0.274 e. The van der Waals surface area contributed by atoms with Gasteiger partial charge >= 0.3 is 0 Å². The smallest absolute Gasteiger partial charge is 0.274 e. The molecule has 0 N–H and O–H groups in total. The van der Waals surface area contributed by atoms with E-state index in [9.17, 15) is 14.9 Å². The number of alkyl halides is 1. The minimum atomic E-state index is -0.415. The second-order valence-electron chi connectivity index (χ2n) is 4.41. The summed E-state index contributed by atoms with van der Waals surface area (Å²) in [4.78, 5) is 24.0. The van der Waals surface area contributed by atoms with Gasteiger partial charge in [0.1, 0.15) is 0 Å². The Morgan fingerprint density at radius 2 is 2.28 bits per heavy atom. The molecule has 1 aromatic rings. The number of nitro groups is 1. The monoisotopic (exact) mass is 312 g/mol. The first-order chi connectivity index (χ1) is 8.54. The molecule has 1 atom stereocenters. The van der Waals surface area contributed by atoms with Crippen molar-refractivity contribution in [2.24, 2.45) is 5.92 Å². The van der Waals surface area contributed by atoms with Gasteiger partial charge in [-0.2, -0.15) is 0 Å². The van der Waals surface area contributed by atoms with Crippen LogP contribution in [0.2, 0.25) is 0 Å². The molecule has 1 amide bonds. The van der Waals surface area contributed by atoms with Gasteiger partial charge in [0.2, 0.25) is 5.91 Å². The van der Waals surface area contributed by atoms with Crippen molar-refractivity contribution in [1.82, 2.24) is 0 Å². The van der Waals surface area contributed by atoms with E-state index in [-0.39, 0.29) is 17.5 Å². The molecule has 0 spiro atoms. The lowest BCUT2D eigenvalue weighted by atomic mass is 10.1. The topological polar surface area (TPSA) is 63.5 Å². The molecule has 1 aliphatic heterocycles. The summed E-state index contributed by atoms with van der Waals surface area (Å²) < 4.78 is 0. The van der Waals surface area contributed by atoms with E-state index in [0.717, 1.165) is 5.33 Å². The van der Waals surface area contributed by atoms with Gasteiger partial charge in [-0.15, -0.1) is 0 Å². The number of nitro benzene ring substituents is 1. The van der Waals surface area contributed by atoms with Crippen LogP contribution in [0.1, 0.15) is 12.0 Å². The Labute approximate surface area is 113 Å². The zero-order valence-electron chi connectivity index (χ0n) is 9.93. The van der Waals surface area contributed by atoms with Crippen LogP contribution in [0, 0.1) is 23.0 Å². The van der Waals surface area contributed by atoms with E-state index in [2.05, 4.69) is 15.9 Å². The number of anilines is 1. The van der Waals surface area contributed by atoms with Crippen molar-refractivity contribution < 1.29 is 9.72 Å². The van der Waals surface area contributed by atoms with Crippen molar-refractivity contribution in [3.63, 3.8) is 0 Å². The number of benzene rings is 1. The number of rotatable bonds is 3. The minimum Gasteiger partial charge on any atom is -0.312 e. The van der Waals surface area contributed by atoms with E-state index in [1.165, 1.54) is 6.07 Å². The molecule has 0 bridgehead atoms. The second kappa shape index (κ2) is 5.06. The molecule has 0 radical (unpaired) electrons. The van der Waals surface area contributed by atoms with Crippen molar-refractivity contribution in [2.45, 2.75) is 13.3 Å². The van der Waals surface area contributed by atoms with Gasteiger partial charge in [0.25, 0.3) is 5.69 Å². The van der Waals surface area contributed by atoms with Crippen molar-refractivity contribution in [3.05, 3.63) is 33.9 Å². The molecule has 1 fully saturated rings. The van der Waals surface area contributed by atoms with E-state index in [1.54, 1.807) is 24.0 Å². The first-order valence-electron chi connectivity index (χ1n) is 5.65. The van der Waals surface area contributed by atoms with E-state index in [1.807, 2.05) is 0 Å². The predicted octanol–water partition coefficient (Wildman–Crippen LogP) is 2.65. The summed E-state index contributed by atoms with van der Waals surface area (Å²) in [5.74, 6) is 0.305. The molecule has 5 nitrogen and oxygen atoms in total. The van der Waals surface area contributed by atoms with E-state index in [4.69, 9.17) is 0 Å². The van der Waals surface area contributed by atoms with Crippen LogP contribution in [0.5, 0.6) is 0 Å². The Balaban J connectivity index is 2.37. The van der Waals surface area contributed by atoms with Crippen LogP contribution in [-0.2, 0) is 4.79 Å². The van der Waals surface area contributed by atoms with Gasteiger partial charge in [-0.05, 0) is 18.9 Å². The fraction of sp³-hybridized carbons (Fsp3) is 0.417. The molecule has 0 aliphatic carbocycles. The molecule has 6 heteroatoms. The minimum absolute atomic E-state index is 0.0306. The molecule has 1 unspecified atom stereocenters. The summed E-state index contributed by atoms with van der Waals surface area (Å²) in [5.41, 5.74) is 1.26. The summed E-state index contributed by atoms with van der Waals surface area (Å²) in [5, 5.41) is 11.7. The number of nitrogens with zero attached hydrogens (tertiary/aromatic N) is 2. The van der Waals surface area contributed by atoms with Crippen molar-refractivity contribution in [3.8, 4) is 0 Å². The van der Waals surface area contributed by atoms with Crippen molar-refractivity contribution in [1.29, 1.82) is 0 Å². The highest BCUT2D eigenvalue weighted by Gasteiger charge is 2.31. The van der Waals surface area contributed by atoms with Gasteiger partial charge in [-0.1, -0.05) is 22.0 Å². The SMILES string of the molecule is Cc1c(N2CC(CBr)CC2=O)cccc1[N+](=O)[O-]. The average Bonchev–Trinajstić information content (AvgIpc) is 2.70. The Morgan fingerprint density at radius 1 is 1.56 bits per heavy atom. The van der Waals surface area contributed by atoms with Crippen LogP contribution in [0.15, 0.2) is 18.2 Å². The molecule has 0 aromatic heterocycles. The molecule has 96 valence electrons.